The van der Waals surface area contributed by atoms with Crippen LogP contribution in [-0.4, -0.2) is 30.0 Å². The lowest BCUT2D eigenvalue weighted by molar-refractivity contribution is 0.0827. The summed E-state index contributed by atoms with van der Waals surface area (Å²) in [6.45, 7) is 0. The van der Waals surface area contributed by atoms with E-state index in [1.807, 2.05) is 36.4 Å². The fourth-order valence-corrected chi connectivity index (χ4v) is 2.45. The van der Waals surface area contributed by atoms with E-state index < -0.39 is 0 Å². The normalized spacial score (nSPS) is 9.95. The molecule has 0 aromatic heterocycles. The molecule has 2 aromatic carbocycles. The second kappa shape index (κ2) is 7.38. The van der Waals surface area contributed by atoms with E-state index in [2.05, 4.69) is 26.6 Å². The van der Waals surface area contributed by atoms with Crippen LogP contribution in [0.4, 0.5) is 11.4 Å². The molecule has 0 atom stereocenters. The van der Waals surface area contributed by atoms with Crippen molar-refractivity contribution >= 4 is 50.5 Å². The number of nitrogens with zero attached hydrogens (tertiary/aromatic N) is 1. The summed E-state index contributed by atoms with van der Waals surface area (Å²) in [6, 6.07) is 14.9. The molecule has 0 aliphatic carbocycles. The third-order valence-corrected chi connectivity index (χ3v) is 3.58. The maximum atomic E-state index is 11.8. The van der Waals surface area contributed by atoms with Crippen molar-refractivity contribution in [3.05, 3.63) is 58.6 Å². The molecule has 0 bridgehead atoms. The van der Waals surface area contributed by atoms with E-state index in [1.54, 1.807) is 31.1 Å². The molecular weight excluding hydrogens is 362 g/mol. The number of carbonyl (C=O) groups excluding carboxylic acids is 1. The molecule has 0 spiro atoms. The highest BCUT2D eigenvalue weighted by Crippen LogP contribution is 2.16. The minimum Gasteiger partial charge on any atom is -0.345 e. The van der Waals surface area contributed by atoms with Gasteiger partial charge in [0.05, 0.1) is 0 Å². The standard InChI is InChI=1S/C16H16BrN3OS/c1-20(2)15(21)11-6-8-13(9-7-11)18-16(22)19-14-5-3-4-12(17)10-14/h3-10H,1-2H3,(H2,18,19,22). The van der Waals surface area contributed by atoms with E-state index >= 15 is 0 Å². The van der Waals surface area contributed by atoms with Crippen molar-refractivity contribution in [1.29, 1.82) is 0 Å². The van der Waals surface area contributed by atoms with Crippen molar-refractivity contribution in [3.63, 3.8) is 0 Å². The van der Waals surface area contributed by atoms with Crippen LogP contribution in [0.25, 0.3) is 0 Å². The molecule has 0 saturated carbocycles. The van der Waals surface area contributed by atoms with Gasteiger partial charge in [-0.2, -0.15) is 0 Å². The predicted molar refractivity (Wildman–Crippen MR) is 98.4 cm³/mol. The van der Waals surface area contributed by atoms with E-state index in [9.17, 15) is 4.79 Å². The van der Waals surface area contributed by atoms with Gasteiger partial charge in [0, 0.05) is 35.5 Å². The maximum Gasteiger partial charge on any atom is 0.253 e. The third-order valence-electron chi connectivity index (χ3n) is 2.88. The van der Waals surface area contributed by atoms with Crippen molar-refractivity contribution in [2.45, 2.75) is 0 Å². The van der Waals surface area contributed by atoms with Gasteiger partial charge >= 0.3 is 0 Å². The van der Waals surface area contributed by atoms with Gasteiger partial charge < -0.3 is 15.5 Å². The molecule has 0 aliphatic heterocycles. The Kier molecular flexibility index (Phi) is 5.51. The molecule has 0 unspecified atom stereocenters. The largest absolute Gasteiger partial charge is 0.345 e. The fraction of sp³-hybridized carbons (Fsp3) is 0.125. The van der Waals surface area contributed by atoms with Crippen molar-refractivity contribution in [2.75, 3.05) is 24.7 Å². The number of rotatable bonds is 3. The second-order valence-corrected chi connectivity index (χ2v) is 6.19. The van der Waals surface area contributed by atoms with Crippen LogP contribution < -0.4 is 10.6 Å². The highest BCUT2D eigenvalue weighted by atomic mass is 79.9. The smallest absolute Gasteiger partial charge is 0.253 e. The van der Waals surface area contributed by atoms with E-state index in [-0.39, 0.29) is 5.91 Å². The summed E-state index contributed by atoms with van der Waals surface area (Å²) < 4.78 is 0.979. The summed E-state index contributed by atoms with van der Waals surface area (Å²) >= 11 is 8.69. The zero-order valence-corrected chi connectivity index (χ0v) is 14.7. The lowest BCUT2D eigenvalue weighted by Crippen LogP contribution is -2.22. The Hall–Kier alpha value is -1.92. The number of carbonyl (C=O) groups is 1. The van der Waals surface area contributed by atoms with Crippen LogP contribution in [0.15, 0.2) is 53.0 Å². The van der Waals surface area contributed by atoms with Gasteiger partial charge in [0.2, 0.25) is 0 Å². The molecule has 0 radical (unpaired) electrons. The van der Waals surface area contributed by atoms with Gasteiger partial charge in [0.25, 0.3) is 5.91 Å². The molecule has 1 amide bonds. The zero-order chi connectivity index (χ0) is 16.1. The summed E-state index contributed by atoms with van der Waals surface area (Å²) in [4.78, 5) is 13.4. The van der Waals surface area contributed by atoms with Crippen LogP contribution in [0, 0.1) is 0 Å². The van der Waals surface area contributed by atoms with Crippen molar-refractivity contribution in [2.24, 2.45) is 0 Å². The van der Waals surface area contributed by atoms with E-state index in [0.29, 0.717) is 10.7 Å². The quantitative estimate of drug-likeness (QED) is 0.794. The Morgan fingerprint density at radius 2 is 1.68 bits per heavy atom. The van der Waals surface area contributed by atoms with Gasteiger partial charge in [-0.25, -0.2) is 0 Å². The van der Waals surface area contributed by atoms with Gasteiger partial charge in [-0.1, -0.05) is 22.0 Å². The second-order valence-electron chi connectivity index (χ2n) is 4.87. The molecule has 2 aromatic rings. The number of halogens is 1. The lowest BCUT2D eigenvalue weighted by atomic mass is 10.2. The zero-order valence-electron chi connectivity index (χ0n) is 12.3. The molecule has 0 saturated heterocycles. The average Bonchev–Trinajstić information content (AvgIpc) is 2.47. The van der Waals surface area contributed by atoms with Crippen LogP contribution in [0.3, 0.4) is 0 Å². The van der Waals surface area contributed by atoms with E-state index in [4.69, 9.17) is 12.2 Å². The summed E-state index contributed by atoms with van der Waals surface area (Å²) in [5.74, 6) is -0.0265. The summed E-state index contributed by atoms with van der Waals surface area (Å²) in [7, 11) is 3.46. The van der Waals surface area contributed by atoms with Crippen LogP contribution in [0.5, 0.6) is 0 Å². The van der Waals surface area contributed by atoms with Gasteiger partial charge in [0.15, 0.2) is 5.11 Å². The fourth-order valence-electron chi connectivity index (χ4n) is 1.81. The molecule has 2 rings (SSSR count). The van der Waals surface area contributed by atoms with Crippen LogP contribution in [-0.2, 0) is 0 Å². The number of benzene rings is 2. The Labute approximate surface area is 143 Å². The highest BCUT2D eigenvalue weighted by Gasteiger charge is 2.07. The van der Waals surface area contributed by atoms with Crippen molar-refractivity contribution in [3.8, 4) is 0 Å². The van der Waals surface area contributed by atoms with Crippen LogP contribution in [0.2, 0.25) is 0 Å². The number of thiocarbonyl (C=S) groups is 1. The Morgan fingerprint density at radius 3 is 2.27 bits per heavy atom. The minimum atomic E-state index is -0.0265. The average molecular weight is 378 g/mol. The van der Waals surface area contributed by atoms with Gasteiger partial charge in [-0.05, 0) is 54.7 Å². The maximum absolute atomic E-state index is 11.8. The number of hydrogen-bond acceptors (Lipinski definition) is 2. The summed E-state index contributed by atoms with van der Waals surface area (Å²) in [5.41, 5.74) is 2.36. The molecule has 0 aliphatic rings. The minimum absolute atomic E-state index is 0.0265. The van der Waals surface area contributed by atoms with Crippen molar-refractivity contribution < 1.29 is 4.79 Å². The molecule has 6 heteroatoms. The Morgan fingerprint density at radius 1 is 1.05 bits per heavy atom. The Bertz CT molecular complexity index is 686. The lowest BCUT2D eigenvalue weighted by Gasteiger charge is -2.13. The molecule has 2 N–H and O–H groups in total. The first-order valence-electron chi connectivity index (χ1n) is 6.61. The van der Waals surface area contributed by atoms with Gasteiger partial charge in [0.1, 0.15) is 0 Å². The molecular formula is C16H16BrN3OS. The molecule has 22 heavy (non-hydrogen) atoms. The number of anilines is 2. The van der Waals surface area contributed by atoms with Crippen molar-refractivity contribution in [1.82, 2.24) is 4.90 Å². The van der Waals surface area contributed by atoms with Crippen LogP contribution in [0.1, 0.15) is 10.4 Å². The number of hydrogen-bond donors (Lipinski definition) is 2. The van der Waals surface area contributed by atoms with Gasteiger partial charge in [-0.3, -0.25) is 4.79 Å². The SMILES string of the molecule is CN(C)C(=O)c1ccc(NC(=S)Nc2cccc(Br)c2)cc1. The number of amides is 1. The predicted octanol–water partition coefficient (Wildman–Crippen LogP) is 3.96. The molecule has 0 fully saturated rings. The molecule has 114 valence electrons. The Balaban J connectivity index is 1.98. The highest BCUT2D eigenvalue weighted by molar-refractivity contribution is 9.10. The first-order chi connectivity index (χ1) is 10.5. The first-order valence-corrected chi connectivity index (χ1v) is 7.81. The molecule has 0 heterocycles. The van der Waals surface area contributed by atoms with E-state index in [1.165, 1.54) is 0 Å². The summed E-state index contributed by atoms with van der Waals surface area (Å²) in [5, 5.41) is 6.68. The molecule has 4 nitrogen and oxygen atoms in total. The summed E-state index contributed by atoms with van der Waals surface area (Å²) in [6.07, 6.45) is 0. The number of nitrogens with one attached hydrogen (secondary N) is 2. The van der Waals surface area contributed by atoms with Crippen LogP contribution >= 0.6 is 28.1 Å². The third kappa shape index (κ3) is 4.54. The van der Waals surface area contributed by atoms with Gasteiger partial charge in [-0.15, -0.1) is 0 Å². The topological polar surface area (TPSA) is 44.4 Å². The first kappa shape index (κ1) is 16.5. The monoisotopic (exact) mass is 377 g/mol. The van der Waals surface area contributed by atoms with E-state index in [0.717, 1.165) is 15.8 Å².